The molecule has 8 rings (SSSR count). The van der Waals surface area contributed by atoms with Gasteiger partial charge in [0.2, 0.25) is 0 Å². The molecular formula is C61H66O2. The fourth-order valence-corrected chi connectivity index (χ4v) is 7.87. The van der Waals surface area contributed by atoms with E-state index in [1.165, 1.54) is 73.3 Å². The standard InChI is InChI=1S/C31H34O.C21H20O.C8H8.CH4/c1-3-26(28-10-5-4-6-11-28)22-24(2)27-18-16-25(17-19-27)23-32-21-20-30-14-9-13-29-12-7-8-15-31(29)30;1-2-17-10-12-18(13-11-17)16-22-15-14-20-8-5-7-19-6-3-4-9-21(19)20;1-2-8-6-4-3-5-7-8;/h4-19,24,26H,3,20-23H2,1-2H3;2-13H,1,14-16H2;2-7H,1H2;1H4. The summed E-state index contributed by atoms with van der Waals surface area (Å²) in [6.07, 6.45) is 7.92. The monoisotopic (exact) mass is 831 g/mol. The van der Waals surface area contributed by atoms with Crippen molar-refractivity contribution in [1.29, 1.82) is 0 Å². The van der Waals surface area contributed by atoms with Crippen molar-refractivity contribution >= 4 is 33.7 Å². The van der Waals surface area contributed by atoms with Crippen LogP contribution in [0.2, 0.25) is 0 Å². The second-order valence-electron chi connectivity index (χ2n) is 15.8. The molecule has 0 aliphatic carbocycles. The van der Waals surface area contributed by atoms with E-state index in [0.717, 1.165) is 31.6 Å². The number of hydrogen-bond donors (Lipinski definition) is 0. The van der Waals surface area contributed by atoms with Gasteiger partial charge in [-0.25, -0.2) is 0 Å². The molecule has 2 nitrogen and oxygen atoms in total. The molecule has 0 saturated heterocycles. The van der Waals surface area contributed by atoms with Crippen molar-refractivity contribution in [2.75, 3.05) is 13.2 Å². The van der Waals surface area contributed by atoms with Crippen LogP contribution in [0.15, 0.2) is 207 Å². The van der Waals surface area contributed by atoms with Gasteiger partial charge in [0.25, 0.3) is 0 Å². The van der Waals surface area contributed by atoms with Crippen molar-refractivity contribution in [1.82, 2.24) is 0 Å². The molecule has 8 aromatic rings. The van der Waals surface area contributed by atoms with Crippen LogP contribution < -0.4 is 0 Å². The van der Waals surface area contributed by atoms with Gasteiger partial charge in [-0.15, -0.1) is 0 Å². The summed E-state index contributed by atoms with van der Waals surface area (Å²) in [5, 5.41) is 5.24. The maximum absolute atomic E-state index is 6.01. The molecule has 0 aliphatic rings. The molecule has 8 aromatic carbocycles. The highest BCUT2D eigenvalue weighted by Gasteiger charge is 2.15. The highest BCUT2D eigenvalue weighted by atomic mass is 16.5. The van der Waals surface area contributed by atoms with Crippen LogP contribution in [0.25, 0.3) is 33.7 Å². The van der Waals surface area contributed by atoms with Crippen molar-refractivity contribution in [3.63, 3.8) is 0 Å². The van der Waals surface area contributed by atoms with Crippen LogP contribution >= 0.6 is 0 Å². The molecule has 63 heavy (non-hydrogen) atoms. The molecule has 0 spiro atoms. The first-order chi connectivity index (χ1) is 30.5. The smallest absolute Gasteiger partial charge is 0.0717 e. The molecule has 0 bridgehead atoms. The van der Waals surface area contributed by atoms with E-state index in [0.29, 0.717) is 25.0 Å². The lowest BCUT2D eigenvalue weighted by Gasteiger charge is -2.21. The number of rotatable bonds is 17. The highest BCUT2D eigenvalue weighted by molar-refractivity contribution is 5.86. The molecule has 0 aliphatic heterocycles. The number of ether oxygens (including phenoxy) is 2. The molecule has 0 N–H and O–H groups in total. The topological polar surface area (TPSA) is 18.5 Å². The quantitative estimate of drug-likeness (QED) is 0.0851. The van der Waals surface area contributed by atoms with Gasteiger partial charge >= 0.3 is 0 Å². The summed E-state index contributed by atoms with van der Waals surface area (Å²) >= 11 is 0. The minimum Gasteiger partial charge on any atom is -0.376 e. The van der Waals surface area contributed by atoms with Crippen LogP contribution in [0, 0.1) is 0 Å². The van der Waals surface area contributed by atoms with Gasteiger partial charge in [0, 0.05) is 0 Å². The summed E-state index contributed by atoms with van der Waals surface area (Å²) in [6, 6.07) is 68.3. The molecule has 2 heteroatoms. The van der Waals surface area contributed by atoms with Gasteiger partial charge in [-0.1, -0.05) is 241 Å². The van der Waals surface area contributed by atoms with E-state index in [1.807, 2.05) is 42.5 Å². The maximum Gasteiger partial charge on any atom is 0.0717 e. The largest absolute Gasteiger partial charge is 0.376 e. The molecule has 0 saturated carbocycles. The van der Waals surface area contributed by atoms with E-state index < -0.39 is 0 Å². The third-order valence-electron chi connectivity index (χ3n) is 11.5. The van der Waals surface area contributed by atoms with Crippen LogP contribution in [-0.4, -0.2) is 13.2 Å². The molecular weight excluding hydrogens is 765 g/mol. The van der Waals surface area contributed by atoms with Gasteiger partial charge in [0.05, 0.1) is 26.4 Å². The van der Waals surface area contributed by atoms with Gasteiger partial charge in [0.15, 0.2) is 0 Å². The number of benzene rings is 8. The van der Waals surface area contributed by atoms with Crippen molar-refractivity contribution in [2.24, 2.45) is 0 Å². The first-order valence-electron chi connectivity index (χ1n) is 22.2. The molecule has 322 valence electrons. The van der Waals surface area contributed by atoms with Gasteiger partial charge in [-0.2, -0.15) is 0 Å². The Morgan fingerprint density at radius 2 is 0.889 bits per heavy atom. The average Bonchev–Trinajstić information content (AvgIpc) is 3.34. The van der Waals surface area contributed by atoms with E-state index in [-0.39, 0.29) is 7.43 Å². The van der Waals surface area contributed by atoms with E-state index in [2.05, 4.69) is 191 Å². The lowest BCUT2D eigenvalue weighted by atomic mass is 9.84. The van der Waals surface area contributed by atoms with Gasteiger partial charge < -0.3 is 9.47 Å². The zero-order chi connectivity index (χ0) is 43.2. The second kappa shape index (κ2) is 26.2. The summed E-state index contributed by atoms with van der Waals surface area (Å²) in [5.74, 6) is 1.16. The van der Waals surface area contributed by atoms with Crippen molar-refractivity contribution in [2.45, 2.75) is 72.0 Å². The Labute approximate surface area is 378 Å². The molecule has 2 unspecified atom stereocenters. The summed E-state index contributed by atoms with van der Waals surface area (Å²) in [4.78, 5) is 0. The van der Waals surface area contributed by atoms with E-state index in [9.17, 15) is 0 Å². The van der Waals surface area contributed by atoms with Crippen LogP contribution in [-0.2, 0) is 35.5 Å². The predicted octanol–water partition coefficient (Wildman–Crippen LogP) is 16.5. The Kier molecular flexibility index (Phi) is 19.9. The number of hydrogen-bond acceptors (Lipinski definition) is 2. The average molecular weight is 831 g/mol. The molecule has 2 atom stereocenters. The van der Waals surface area contributed by atoms with E-state index >= 15 is 0 Å². The summed E-state index contributed by atoms with van der Waals surface area (Å²) in [6.45, 7) is 14.8. The molecule has 0 fully saturated rings. The SMILES string of the molecule is C.C=Cc1ccc(COCCc2cccc3ccccc23)cc1.C=Cc1ccccc1.CCC(CC(C)c1ccc(COCCc2cccc3ccccc23)cc1)c1ccccc1. The minimum absolute atomic E-state index is 0. The van der Waals surface area contributed by atoms with E-state index in [1.54, 1.807) is 0 Å². The Morgan fingerprint density at radius 3 is 1.37 bits per heavy atom. The maximum atomic E-state index is 6.01. The van der Waals surface area contributed by atoms with Gasteiger partial charge in [-0.3, -0.25) is 0 Å². The van der Waals surface area contributed by atoms with Gasteiger partial charge in [-0.05, 0) is 104 Å². The highest BCUT2D eigenvalue weighted by Crippen LogP contribution is 2.32. The lowest BCUT2D eigenvalue weighted by molar-refractivity contribution is 0.124. The van der Waals surface area contributed by atoms with Crippen molar-refractivity contribution in [3.8, 4) is 0 Å². The Balaban J connectivity index is 0.000000208. The second-order valence-corrected chi connectivity index (χ2v) is 15.8. The molecule has 0 amide bonds. The summed E-state index contributed by atoms with van der Waals surface area (Å²) < 4.78 is 11.8. The molecule has 0 aromatic heterocycles. The molecule has 0 radical (unpaired) electrons. The zero-order valence-electron chi connectivity index (χ0n) is 36.7. The third-order valence-corrected chi connectivity index (χ3v) is 11.5. The first kappa shape index (κ1) is 47.7. The van der Waals surface area contributed by atoms with Crippen LogP contribution in [0.3, 0.4) is 0 Å². The lowest BCUT2D eigenvalue weighted by Crippen LogP contribution is -2.04. The fraction of sp³-hybridized carbons (Fsp3) is 0.213. The van der Waals surface area contributed by atoms with Crippen LogP contribution in [0.5, 0.6) is 0 Å². The van der Waals surface area contributed by atoms with E-state index in [4.69, 9.17) is 9.47 Å². The third kappa shape index (κ3) is 14.9. The predicted molar refractivity (Wildman–Crippen MR) is 273 cm³/mol. The Morgan fingerprint density at radius 1 is 0.460 bits per heavy atom. The van der Waals surface area contributed by atoms with Crippen LogP contribution in [0.1, 0.15) is 90.5 Å². The van der Waals surface area contributed by atoms with Crippen molar-refractivity contribution < 1.29 is 9.47 Å². The Bertz CT molecular complexity index is 2510. The fourth-order valence-electron chi connectivity index (χ4n) is 7.87. The summed E-state index contributed by atoms with van der Waals surface area (Å²) in [7, 11) is 0. The zero-order valence-corrected chi connectivity index (χ0v) is 36.7. The first-order valence-corrected chi connectivity index (χ1v) is 22.2. The number of fused-ring (bicyclic) bond motifs is 2. The van der Waals surface area contributed by atoms with Crippen LogP contribution in [0.4, 0.5) is 0 Å². The van der Waals surface area contributed by atoms with Crippen molar-refractivity contribution in [3.05, 3.63) is 252 Å². The normalized spacial score (nSPS) is 11.5. The summed E-state index contributed by atoms with van der Waals surface area (Å²) in [5.41, 5.74) is 10.3. The van der Waals surface area contributed by atoms with Gasteiger partial charge in [0.1, 0.15) is 0 Å². The Hall–Kier alpha value is -6.32. The molecule has 0 heterocycles. The minimum atomic E-state index is 0.